The summed E-state index contributed by atoms with van der Waals surface area (Å²) in [5.74, 6) is -1.68. The predicted molar refractivity (Wildman–Crippen MR) is 120 cm³/mol. The first kappa shape index (κ1) is 21.3. The first-order valence-corrected chi connectivity index (χ1v) is 10.3. The third kappa shape index (κ3) is 3.87. The van der Waals surface area contributed by atoms with Crippen molar-refractivity contribution in [3.05, 3.63) is 101 Å². The van der Waals surface area contributed by atoms with Crippen LogP contribution in [0.5, 0.6) is 5.75 Å². The molecule has 1 aliphatic heterocycles. The fourth-order valence-electron chi connectivity index (χ4n) is 3.89. The number of nitrogens with zero attached hydrogens (tertiary/aromatic N) is 1. The molecule has 1 saturated heterocycles. The molecule has 1 fully saturated rings. The van der Waals surface area contributed by atoms with E-state index in [-0.39, 0.29) is 11.3 Å². The second-order valence-corrected chi connectivity index (χ2v) is 7.52. The fourth-order valence-corrected chi connectivity index (χ4v) is 3.89. The summed E-state index contributed by atoms with van der Waals surface area (Å²) in [5, 5.41) is 11.1. The lowest BCUT2D eigenvalue weighted by atomic mass is 9.94. The van der Waals surface area contributed by atoms with Crippen molar-refractivity contribution in [1.82, 2.24) is 0 Å². The second kappa shape index (κ2) is 8.67. The topological polar surface area (TPSA) is 66.8 Å². The highest BCUT2D eigenvalue weighted by molar-refractivity contribution is 6.51. The molecule has 0 spiro atoms. The molecule has 0 aliphatic carbocycles. The van der Waals surface area contributed by atoms with Crippen LogP contribution in [0.3, 0.4) is 0 Å². The molecule has 32 heavy (non-hydrogen) atoms. The van der Waals surface area contributed by atoms with Crippen LogP contribution in [-0.2, 0) is 9.59 Å². The van der Waals surface area contributed by atoms with Crippen LogP contribution in [0, 0.1) is 12.7 Å². The van der Waals surface area contributed by atoms with E-state index in [1.165, 1.54) is 29.2 Å². The molecule has 0 saturated carbocycles. The maximum atomic E-state index is 13.5. The van der Waals surface area contributed by atoms with Crippen LogP contribution >= 0.6 is 0 Å². The zero-order chi connectivity index (χ0) is 22.8. The number of amides is 1. The molecule has 0 bridgehead atoms. The number of aryl methyl sites for hydroxylation is 1. The molecular weight excluding hydrogens is 409 g/mol. The number of ketones is 1. The van der Waals surface area contributed by atoms with Crippen LogP contribution in [0.4, 0.5) is 10.1 Å². The van der Waals surface area contributed by atoms with E-state index in [1.807, 2.05) is 32.0 Å². The van der Waals surface area contributed by atoms with Crippen molar-refractivity contribution in [2.24, 2.45) is 0 Å². The van der Waals surface area contributed by atoms with Gasteiger partial charge < -0.3 is 9.84 Å². The lowest BCUT2D eigenvalue weighted by molar-refractivity contribution is -0.132. The average molecular weight is 431 g/mol. The van der Waals surface area contributed by atoms with Crippen molar-refractivity contribution in [3.63, 3.8) is 0 Å². The molecule has 6 heteroatoms. The third-order valence-corrected chi connectivity index (χ3v) is 5.35. The Labute approximate surface area is 185 Å². The molecule has 1 aliphatic rings. The highest BCUT2D eigenvalue weighted by Gasteiger charge is 2.47. The first-order chi connectivity index (χ1) is 15.4. The number of hydrogen-bond acceptors (Lipinski definition) is 4. The largest absolute Gasteiger partial charge is 0.507 e. The smallest absolute Gasteiger partial charge is 0.300 e. The van der Waals surface area contributed by atoms with E-state index in [2.05, 4.69) is 0 Å². The van der Waals surface area contributed by atoms with Crippen molar-refractivity contribution in [2.75, 3.05) is 11.5 Å². The number of ether oxygens (including phenoxy) is 1. The summed E-state index contributed by atoms with van der Waals surface area (Å²) in [7, 11) is 0. The number of aliphatic hydroxyl groups is 1. The number of aliphatic hydroxyl groups excluding tert-OH is 1. The lowest BCUT2D eigenvalue weighted by Gasteiger charge is -2.25. The SMILES string of the molecule is CCOc1ccc(/C(O)=C2/C(=O)C(=O)N(c3ccc(F)cc3)C2c2cccc(C)c2)cc1. The van der Waals surface area contributed by atoms with E-state index in [9.17, 15) is 19.1 Å². The van der Waals surface area contributed by atoms with Gasteiger partial charge >= 0.3 is 0 Å². The third-order valence-electron chi connectivity index (χ3n) is 5.35. The van der Waals surface area contributed by atoms with E-state index < -0.39 is 23.5 Å². The molecule has 3 aromatic rings. The standard InChI is InChI=1S/C26H22FNO4/c1-3-32-21-13-7-17(8-14-21)24(29)22-23(18-6-4-5-16(2)15-18)28(26(31)25(22)30)20-11-9-19(27)10-12-20/h4-15,23,29H,3H2,1-2H3/b24-22-. The Morgan fingerprint density at radius 1 is 1.03 bits per heavy atom. The van der Waals surface area contributed by atoms with Gasteiger partial charge in [-0.2, -0.15) is 0 Å². The van der Waals surface area contributed by atoms with Crippen molar-refractivity contribution in [1.29, 1.82) is 0 Å². The van der Waals surface area contributed by atoms with Crippen LogP contribution in [0.2, 0.25) is 0 Å². The minimum atomic E-state index is -0.855. The van der Waals surface area contributed by atoms with Gasteiger partial charge in [-0.05, 0) is 67.9 Å². The highest BCUT2D eigenvalue weighted by Crippen LogP contribution is 2.42. The molecule has 5 nitrogen and oxygen atoms in total. The summed E-state index contributed by atoms with van der Waals surface area (Å²) >= 11 is 0. The number of hydrogen-bond donors (Lipinski definition) is 1. The Morgan fingerprint density at radius 3 is 2.34 bits per heavy atom. The zero-order valence-corrected chi connectivity index (χ0v) is 17.7. The zero-order valence-electron chi connectivity index (χ0n) is 17.7. The number of rotatable bonds is 5. The van der Waals surface area contributed by atoms with E-state index in [0.29, 0.717) is 29.2 Å². The van der Waals surface area contributed by atoms with E-state index in [1.54, 1.807) is 30.3 Å². The fraction of sp³-hybridized carbons (Fsp3) is 0.154. The summed E-state index contributed by atoms with van der Waals surface area (Å²) < 4.78 is 18.9. The van der Waals surface area contributed by atoms with E-state index in [0.717, 1.165) is 5.56 Å². The maximum absolute atomic E-state index is 13.5. The van der Waals surface area contributed by atoms with Crippen LogP contribution < -0.4 is 9.64 Å². The van der Waals surface area contributed by atoms with E-state index >= 15 is 0 Å². The van der Waals surface area contributed by atoms with Crippen LogP contribution in [0.1, 0.15) is 29.7 Å². The monoisotopic (exact) mass is 431 g/mol. The second-order valence-electron chi connectivity index (χ2n) is 7.52. The summed E-state index contributed by atoms with van der Waals surface area (Å²) in [6.45, 7) is 4.27. The van der Waals surface area contributed by atoms with Gasteiger partial charge in [0.05, 0.1) is 18.2 Å². The van der Waals surface area contributed by atoms with Crippen molar-refractivity contribution in [3.8, 4) is 5.75 Å². The molecule has 1 N–H and O–H groups in total. The van der Waals surface area contributed by atoms with Crippen molar-refractivity contribution < 1.29 is 23.8 Å². The Kier molecular flexibility index (Phi) is 5.77. The molecule has 162 valence electrons. The molecule has 0 aromatic heterocycles. The molecule has 1 unspecified atom stereocenters. The number of anilines is 1. The summed E-state index contributed by atoms with van der Waals surface area (Å²) in [5.41, 5.74) is 2.34. The number of carbonyl (C=O) groups is 2. The minimum absolute atomic E-state index is 0.0194. The number of halogens is 1. The van der Waals surface area contributed by atoms with E-state index in [4.69, 9.17) is 4.74 Å². The molecule has 0 radical (unpaired) electrons. The Morgan fingerprint density at radius 2 is 1.72 bits per heavy atom. The number of benzene rings is 3. The highest BCUT2D eigenvalue weighted by atomic mass is 19.1. The quantitative estimate of drug-likeness (QED) is 0.344. The minimum Gasteiger partial charge on any atom is -0.507 e. The Hall–Kier alpha value is -3.93. The maximum Gasteiger partial charge on any atom is 0.300 e. The molecular formula is C26H22FNO4. The number of carbonyl (C=O) groups excluding carboxylic acids is 2. The molecule has 4 rings (SSSR count). The Balaban J connectivity index is 1.89. The predicted octanol–water partition coefficient (Wildman–Crippen LogP) is 5.16. The van der Waals surface area contributed by atoms with Gasteiger partial charge in [-0.3, -0.25) is 14.5 Å². The van der Waals surface area contributed by atoms with Gasteiger partial charge in [0.1, 0.15) is 17.3 Å². The molecule has 1 amide bonds. The summed E-state index contributed by atoms with van der Waals surface area (Å²) in [6.07, 6.45) is 0. The molecule has 1 atom stereocenters. The summed E-state index contributed by atoms with van der Waals surface area (Å²) in [4.78, 5) is 27.5. The first-order valence-electron chi connectivity index (χ1n) is 10.3. The van der Waals surface area contributed by atoms with Crippen LogP contribution in [0.25, 0.3) is 5.76 Å². The Bertz CT molecular complexity index is 1200. The van der Waals surface area contributed by atoms with Crippen molar-refractivity contribution >= 4 is 23.1 Å². The molecule has 3 aromatic carbocycles. The lowest BCUT2D eigenvalue weighted by Crippen LogP contribution is -2.29. The van der Waals surface area contributed by atoms with Gasteiger partial charge in [-0.15, -0.1) is 0 Å². The van der Waals surface area contributed by atoms with Gasteiger partial charge in [0.15, 0.2) is 0 Å². The molecule has 1 heterocycles. The van der Waals surface area contributed by atoms with Gasteiger partial charge in [-0.25, -0.2) is 4.39 Å². The van der Waals surface area contributed by atoms with Crippen LogP contribution in [-0.4, -0.2) is 23.4 Å². The van der Waals surface area contributed by atoms with Crippen molar-refractivity contribution in [2.45, 2.75) is 19.9 Å². The van der Waals surface area contributed by atoms with Gasteiger partial charge in [0.25, 0.3) is 11.7 Å². The summed E-state index contributed by atoms with van der Waals surface area (Å²) in [6, 6.07) is 18.5. The van der Waals surface area contributed by atoms with Gasteiger partial charge in [-0.1, -0.05) is 29.8 Å². The average Bonchev–Trinajstić information content (AvgIpc) is 3.05. The normalized spacial score (nSPS) is 17.6. The van der Waals surface area contributed by atoms with Gasteiger partial charge in [0.2, 0.25) is 0 Å². The van der Waals surface area contributed by atoms with Crippen LogP contribution in [0.15, 0.2) is 78.4 Å². The number of Topliss-reactive ketones (excluding diaryl/α,β-unsaturated/α-hetero) is 1. The van der Waals surface area contributed by atoms with Gasteiger partial charge in [0, 0.05) is 11.3 Å².